The fourth-order valence-electron chi connectivity index (χ4n) is 1.34. The summed E-state index contributed by atoms with van der Waals surface area (Å²) in [7, 11) is 0. The van der Waals surface area contributed by atoms with Crippen LogP contribution in [0.15, 0.2) is 53.3 Å². The first kappa shape index (κ1) is 11.8. The number of aromatic nitrogens is 1. The topological polar surface area (TPSA) is 39.2 Å². The lowest BCUT2D eigenvalue weighted by Gasteiger charge is -2.04. The Labute approximate surface area is 108 Å². The number of hydrogen-bond acceptors (Lipinski definition) is 3. The summed E-state index contributed by atoms with van der Waals surface area (Å²) >= 11 is 3.21. The highest BCUT2D eigenvalue weighted by molar-refractivity contribution is 9.10. The molecular formula is C13H10BrNO2. The van der Waals surface area contributed by atoms with Crippen LogP contribution in [0.25, 0.3) is 0 Å². The van der Waals surface area contributed by atoms with Crippen molar-refractivity contribution in [3.05, 3.63) is 64.4 Å². The fraction of sp³-hybridized carbons (Fsp3) is 0.0769. The lowest BCUT2D eigenvalue weighted by Crippen LogP contribution is -2.05. The molecule has 17 heavy (non-hydrogen) atoms. The normalized spacial score (nSPS) is 9.94. The molecule has 0 saturated heterocycles. The average molecular weight is 292 g/mol. The van der Waals surface area contributed by atoms with Crippen LogP contribution in [-0.4, -0.2) is 11.0 Å². The van der Waals surface area contributed by atoms with Gasteiger partial charge in [0.1, 0.15) is 11.2 Å². The van der Waals surface area contributed by atoms with Crippen LogP contribution in [0.4, 0.5) is 0 Å². The maximum atomic E-state index is 11.7. The van der Waals surface area contributed by atoms with Gasteiger partial charge in [-0.1, -0.05) is 30.3 Å². The molecule has 0 fully saturated rings. The first-order valence-corrected chi connectivity index (χ1v) is 5.87. The van der Waals surface area contributed by atoms with Gasteiger partial charge in [0.25, 0.3) is 0 Å². The second-order valence-electron chi connectivity index (χ2n) is 3.43. The van der Waals surface area contributed by atoms with Crippen LogP contribution >= 0.6 is 15.9 Å². The molecule has 2 rings (SSSR count). The maximum absolute atomic E-state index is 11.7. The molecule has 0 saturated carbocycles. The van der Waals surface area contributed by atoms with Crippen molar-refractivity contribution in [2.24, 2.45) is 0 Å². The molecule has 0 unspecified atom stereocenters. The Morgan fingerprint density at radius 2 is 2.00 bits per heavy atom. The number of ether oxygens (including phenoxy) is 1. The van der Waals surface area contributed by atoms with Crippen molar-refractivity contribution >= 4 is 21.9 Å². The quantitative estimate of drug-likeness (QED) is 0.644. The lowest BCUT2D eigenvalue weighted by atomic mass is 10.2. The minimum absolute atomic E-state index is 0.277. The number of benzene rings is 1. The predicted molar refractivity (Wildman–Crippen MR) is 67.5 cm³/mol. The van der Waals surface area contributed by atoms with Crippen LogP contribution in [0.2, 0.25) is 0 Å². The van der Waals surface area contributed by atoms with E-state index in [2.05, 4.69) is 20.9 Å². The van der Waals surface area contributed by atoms with Gasteiger partial charge in [0, 0.05) is 6.20 Å². The number of esters is 1. The van der Waals surface area contributed by atoms with E-state index in [1.165, 1.54) is 0 Å². The zero-order valence-electron chi connectivity index (χ0n) is 8.97. The van der Waals surface area contributed by atoms with Crippen LogP contribution in [0.1, 0.15) is 15.9 Å². The molecule has 0 bridgehead atoms. The molecule has 0 aliphatic carbocycles. The van der Waals surface area contributed by atoms with Crippen molar-refractivity contribution in [3.63, 3.8) is 0 Å². The highest BCUT2D eigenvalue weighted by Crippen LogP contribution is 2.10. The van der Waals surface area contributed by atoms with E-state index in [0.717, 1.165) is 5.56 Å². The molecule has 3 nitrogen and oxygen atoms in total. The SMILES string of the molecule is O=C(OCc1ccccc1)c1ccnc(Br)c1. The second-order valence-corrected chi connectivity index (χ2v) is 4.24. The summed E-state index contributed by atoms with van der Waals surface area (Å²) in [5.41, 5.74) is 1.46. The van der Waals surface area contributed by atoms with Gasteiger partial charge in [0.15, 0.2) is 0 Å². The number of rotatable bonds is 3. The van der Waals surface area contributed by atoms with Crippen LogP contribution in [0.5, 0.6) is 0 Å². The Morgan fingerprint density at radius 1 is 1.24 bits per heavy atom. The minimum Gasteiger partial charge on any atom is -0.457 e. The summed E-state index contributed by atoms with van der Waals surface area (Å²) < 4.78 is 5.80. The Hall–Kier alpha value is -1.68. The zero-order valence-corrected chi connectivity index (χ0v) is 10.6. The van der Waals surface area contributed by atoms with Crippen LogP contribution in [-0.2, 0) is 11.3 Å². The van der Waals surface area contributed by atoms with Gasteiger partial charge in [-0.25, -0.2) is 9.78 Å². The number of carbonyl (C=O) groups excluding carboxylic acids is 1. The van der Waals surface area contributed by atoms with Crippen molar-refractivity contribution in [2.45, 2.75) is 6.61 Å². The van der Waals surface area contributed by atoms with Gasteiger partial charge in [-0.3, -0.25) is 0 Å². The molecule has 0 radical (unpaired) electrons. The van der Waals surface area contributed by atoms with Crippen LogP contribution in [0, 0.1) is 0 Å². The first-order chi connectivity index (χ1) is 8.25. The maximum Gasteiger partial charge on any atom is 0.338 e. The standard InChI is InChI=1S/C13H10BrNO2/c14-12-8-11(6-7-15-12)13(16)17-9-10-4-2-1-3-5-10/h1-8H,9H2. The molecule has 0 atom stereocenters. The van der Waals surface area contributed by atoms with E-state index >= 15 is 0 Å². The second kappa shape index (κ2) is 5.59. The van der Waals surface area contributed by atoms with Crippen molar-refractivity contribution in [1.82, 2.24) is 4.98 Å². The fourth-order valence-corrected chi connectivity index (χ4v) is 1.70. The van der Waals surface area contributed by atoms with Gasteiger partial charge in [0.05, 0.1) is 5.56 Å². The number of hydrogen-bond donors (Lipinski definition) is 0. The molecule has 0 aliphatic rings. The molecule has 1 aromatic carbocycles. The highest BCUT2D eigenvalue weighted by atomic mass is 79.9. The Balaban J connectivity index is 1.98. The largest absolute Gasteiger partial charge is 0.457 e. The van der Waals surface area contributed by atoms with Crippen molar-refractivity contribution in [1.29, 1.82) is 0 Å². The molecule has 0 spiro atoms. The zero-order chi connectivity index (χ0) is 12.1. The molecule has 1 aromatic heterocycles. The van der Waals surface area contributed by atoms with Gasteiger partial charge in [0.2, 0.25) is 0 Å². The third kappa shape index (κ3) is 3.39. The number of carbonyl (C=O) groups is 1. The summed E-state index contributed by atoms with van der Waals surface area (Å²) in [4.78, 5) is 15.6. The molecule has 1 heterocycles. The summed E-state index contributed by atoms with van der Waals surface area (Å²) in [6, 6.07) is 12.8. The van der Waals surface area contributed by atoms with E-state index in [-0.39, 0.29) is 12.6 Å². The Bertz CT molecular complexity index is 514. The van der Waals surface area contributed by atoms with Crippen LogP contribution < -0.4 is 0 Å². The highest BCUT2D eigenvalue weighted by Gasteiger charge is 2.07. The third-order valence-electron chi connectivity index (χ3n) is 2.18. The lowest BCUT2D eigenvalue weighted by molar-refractivity contribution is 0.0472. The molecule has 4 heteroatoms. The first-order valence-electron chi connectivity index (χ1n) is 5.08. The van der Waals surface area contributed by atoms with Gasteiger partial charge >= 0.3 is 5.97 Å². The summed E-state index contributed by atoms with van der Waals surface area (Å²) in [6.45, 7) is 0.277. The predicted octanol–water partition coefficient (Wildman–Crippen LogP) is 3.20. The smallest absolute Gasteiger partial charge is 0.338 e. The molecule has 0 amide bonds. The monoisotopic (exact) mass is 291 g/mol. The van der Waals surface area contributed by atoms with Crippen molar-refractivity contribution < 1.29 is 9.53 Å². The van der Waals surface area contributed by atoms with Gasteiger partial charge < -0.3 is 4.74 Å². The average Bonchev–Trinajstić information content (AvgIpc) is 2.37. The molecule has 0 aliphatic heterocycles. The van der Waals surface area contributed by atoms with Crippen molar-refractivity contribution in [2.75, 3.05) is 0 Å². The van der Waals surface area contributed by atoms with Crippen molar-refractivity contribution in [3.8, 4) is 0 Å². The van der Waals surface area contributed by atoms with E-state index in [4.69, 9.17) is 4.74 Å². The molecule has 0 N–H and O–H groups in total. The third-order valence-corrected chi connectivity index (χ3v) is 2.61. The summed E-state index contributed by atoms with van der Waals surface area (Å²) in [6.07, 6.45) is 1.56. The van der Waals surface area contributed by atoms with Gasteiger partial charge in [-0.05, 0) is 33.6 Å². The number of nitrogens with zero attached hydrogens (tertiary/aromatic N) is 1. The molecule has 2 aromatic rings. The van der Waals surface area contributed by atoms with Gasteiger partial charge in [-0.15, -0.1) is 0 Å². The van der Waals surface area contributed by atoms with E-state index in [9.17, 15) is 4.79 Å². The van der Waals surface area contributed by atoms with E-state index in [1.807, 2.05) is 30.3 Å². The van der Waals surface area contributed by atoms with Crippen LogP contribution in [0.3, 0.4) is 0 Å². The van der Waals surface area contributed by atoms with E-state index in [0.29, 0.717) is 10.2 Å². The van der Waals surface area contributed by atoms with E-state index < -0.39 is 0 Å². The Kier molecular flexibility index (Phi) is 3.88. The molecular weight excluding hydrogens is 282 g/mol. The molecule has 86 valence electrons. The summed E-state index contributed by atoms with van der Waals surface area (Å²) in [5, 5.41) is 0. The number of pyridine rings is 1. The minimum atomic E-state index is -0.350. The summed E-state index contributed by atoms with van der Waals surface area (Å²) in [5.74, 6) is -0.350. The number of halogens is 1. The van der Waals surface area contributed by atoms with Gasteiger partial charge in [-0.2, -0.15) is 0 Å². The Morgan fingerprint density at radius 3 is 2.71 bits per heavy atom. The van der Waals surface area contributed by atoms with E-state index in [1.54, 1.807) is 18.3 Å².